The molecule has 0 saturated carbocycles. The smallest absolute Gasteiger partial charge is 0.330 e. The lowest BCUT2D eigenvalue weighted by Gasteiger charge is -2.41. The Morgan fingerprint density at radius 2 is 2.21 bits per heavy atom. The van der Waals surface area contributed by atoms with E-state index in [0.717, 1.165) is 19.3 Å². The Balaban J connectivity index is 2.43. The fourth-order valence-electron chi connectivity index (χ4n) is 2.63. The number of rotatable bonds is 4. The molecule has 1 saturated heterocycles. The van der Waals surface area contributed by atoms with Gasteiger partial charge in [-0.15, -0.1) is 0 Å². The van der Waals surface area contributed by atoms with Crippen LogP contribution >= 0.6 is 0 Å². The van der Waals surface area contributed by atoms with Crippen LogP contribution in [0.15, 0.2) is 18.3 Å². The average Bonchev–Trinajstić information content (AvgIpc) is 2.43. The Kier molecular flexibility index (Phi) is 4.11. The van der Waals surface area contributed by atoms with E-state index in [1.54, 1.807) is 0 Å². The largest absolute Gasteiger partial charge is 0.480 e. The predicted molar refractivity (Wildman–Crippen MR) is 68.2 cm³/mol. The number of pyridine rings is 1. The number of aliphatic carboxylic acids is 1. The van der Waals surface area contributed by atoms with Gasteiger partial charge < -0.3 is 10.4 Å². The number of piperazine rings is 1. The van der Waals surface area contributed by atoms with Gasteiger partial charge in [-0.05, 0) is 18.6 Å². The van der Waals surface area contributed by atoms with Gasteiger partial charge in [0.15, 0.2) is 5.54 Å². The summed E-state index contributed by atoms with van der Waals surface area (Å²) in [5, 5.41) is 12.9. The second-order valence-electron chi connectivity index (χ2n) is 4.62. The molecule has 104 valence electrons. The van der Waals surface area contributed by atoms with Crippen molar-refractivity contribution in [3.05, 3.63) is 29.8 Å². The summed E-state index contributed by atoms with van der Waals surface area (Å²) >= 11 is 0. The molecule has 0 bridgehead atoms. The second-order valence-corrected chi connectivity index (χ2v) is 4.62. The molecule has 2 rings (SSSR count). The maximum Gasteiger partial charge on any atom is 0.330 e. The van der Waals surface area contributed by atoms with Crippen LogP contribution in [0, 0.1) is 5.82 Å². The lowest BCUT2D eigenvalue weighted by molar-refractivity contribution is -0.154. The van der Waals surface area contributed by atoms with E-state index in [-0.39, 0.29) is 0 Å². The number of halogens is 1. The summed E-state index contributed by atoms with van der Waals surface area (Å²) in [7, 11) is 0. The molecule has 1 aromatic heterocycles. The first-order valence-corrected chi connectivity index (χ1v) is 6.42. The van der Waals surface area contributed by atoms with Gasteiger partial charge in [-0.2, -0.15) is 0 Å². The van der Waals surface area contributed by atoms with E-state index in [1.807, 2.05) is 11.8 Å². The summed E-state index contributed by atoms with van der Waals surface area (Å²) in [6, 6.07) is 2.73. The average molecular weight is 267 g/mol. The molecule has 19 heavy (non-hydrogen) atoms. The van der Waals surface area contributed by atoms with E-state index in [4.69, 9.17) is 0 Å². The number of nitrogens with zero attached hydrogens (tertiary/aromatic N) is 2. The van der Waals surface area contributed by atoms with Gasteiger partial charge in [0, 0.05) is 26.2 Å². The quantitative estimate of drug-likeness (QED) is 0.845. The lowest BCUT2D eigenvalue weighted by atomic mass is 9.88. The van der Waals surface area contributed by atoms with Gasteiger partial charge in [-0.3, -0.25) is 9.88 Å². The fraction of sp³-hybridized carbons (Fsp3) is 0.538. The van der Waals surface area contributed by atoms with Gasteiger partial charge >= 0.3 is 5.97 Å². The molecule has 1 atom stereocenters. The molecule has 1 aliphatic heterocycles. The van der Waals surface area contributed by atoms with Crippen LogP contribution in [-0.4, -0.2) is 47.1 Å². The summed E-state index contributed by atoms with van der Waals surface area (Å²) in [6.45, 7) is 4.59. The Bertz CT molecular complexity index is 446. The molecule has 0 radical (unpaired) electrons. The molecular weight excluding hydrogens is 249 g/mol. The molecule has 6 heteroatoms. The zero-order valence-corrected chi connectivity index (χ0v) is 10.9. The minimum atomic E-state index is -1.17. The SMILES string of the molecule is CCC(C(=O)O)(c1ccc(F)cn1)N1CCNCC1. The third-order valence-corrected chi connectivity index (χ3v) is 3.67. The summed E-state index contributed by atoms with van der Waals surface area (Å²) in [5.41, 5.74) is -0.777. The Hall–Kier alpha value is -1.53. The predicted octanol–water partition coefficient (Wildman–Crippen LogP) is 0.816. The molecule has 1 aromatic rings. The molecule has 2 N–H and O–H groups in total. The van der Waals surface area contributed by atoms with Gasteiger partial charge in [-0.1, -0.05) is 6.92 Å². The number of carboxylic acid groups (broad SMARTS) is 1. The van der Waals surface area contributed by atoms with Crippen molar-refractivity contribution in [3.8, 4) is 0 Å². The molecule has 1 fully saturated rings. The molecule has 0 aromatic carbocycles. The van der Waals surface area contributed by atoms with E-state index in [1.165, 1.54) is 12.1 Å². The Labute approximate surface area is 111 Å². The van der Waals surface area contributed by atoms with Crippen LogP contribution in [0.4, 0.5) is 4.39 Å². The molecule has 0 amide bonds. The first kappa shape index (κ1) is 13.9. The standard InChI is InChI=1S/C13H18FN3O2/c1-2-13(12(18)19,17-7-5-15-6-8-17)11-4-3-10(14)9-16-11/h3-4,9,15H,2,5-8H2,1H3,(H,18,19). The minimum absolute atomic E-state index is 0.390. The topological polar surface area (TPSA) is 65.5 Å². The van der Waals surface area contributed by atoms with Crippen LogP contribution in [0.5, 0.6) is 0 Å². The van der Waals surface area contributed by atoms with E-state index in [0.29, 0.717) is 25.2 Å². The van der Waals surface area contributed by atoms with Crippen LogP contribution in [-0.2, 0) is 10.3 Å². The third kappa shape index (κ3) is 2.46. The first-order valence-electron chi connectivity index (χ1n) is 6.42. The fourth-order valence-corrected chi connectivity index (χ4v) is 2.63. The van der Waals surface area contributed by atoms with Crippen LogP contribution in [0.2, 0.25) is 0 Å². The number of hydrogen-bond donors (Lipinski definition) is 2. The Morgan fingerprint density at radius 3 is 2.68 bits per heavy atom. The lowest BCUT2D eigenvalue weighted by Crippen LogP contribution is -2.58. The maximum atomic E-state index is 13.0. The van der Waals surface area contributed by atoms with Gasteiger partial charge in [0.2, 0.25) is 0 Å². The van der Waals surface area contributed by atoms with Crippen molar-refractivity contribution in [3.63, 3.8) is 0 Å². The zero-order valence-electron chi connectivity index (χ0n) is 10.9. The van der Waals surface area contributed by atoms with Crippen molar-refractivity contribution >= 4 is 5.97 Å². The van der Waals surface area contributed by atoms with Gasteiger partial charge in [0.1, 0.15) is 5.82 Å². The molecule has 0 spiro atoms. The van der Waals surface area contributed by atoms with Crippen molar-refractivity contribution in [2.45, 2.75) is 18.9 Å². The normalized spacial score (nSPS) is 19.9. The summed E-state index contributed by atoms with van der Waals surface area (Å²) in [6.07, 6.45) is 1.46. The zero-order chi connectivity index (χ0) is 13.9. The number of hydrogen-bond acceptors (Lipinski definition) is 4. The van der Waals surface area contributed by atoms with Crippen LogP contribution in [0.1, 0.15) is 19.0 Å². The number of carboxylic acids is 1. The van der Waals surface area contributed by atoms with E-state index in [9.17, 15) is 14.3 Å². The van der Waals surface area contributed by atoms with Crippen molar-refractivity contribution < 1.29 is 14.3 Å². The van der Waals surface area contributed by atoms with Crippen molar-refractivity contribution in [1.29, 1.82) is 0 Å². The van der Waals surface area contributed by atoms with Gasteiger partial charge in [0.05, 0.1) is 11.9 Å². The van der Waals surface area contributed by atoms with E-state index >= 15 is 0 Å². The third-order valence-electron chi connectivity index (χ3n) is 3.67. The number of aromatic nitrogens is 1. The Morgan fingerprint density at radius 1 is 1.53 bits per heavy atom. The molecular formula is C13H18FN3O2. The summed E-state index contributed by atoms with van der Waals surface area (Å²) in [4.78, 5) is 17.8. The molecule has 0 aliphatic carbocycles. The highest BCUT2D eigenvalue weighted by Gasteiger charge is 2.45. The molecule has 1 aliphatic rings. The summed E-state index contributed by atoms with van der Waals surface area (Å²) in [5.74, 6) is -1.39. The maximum absolute atomic E-state index is 13.0. The highest BCUT2D eigenvalue weighted by atomic mass is 19.1. The van der Waals surface area contributed by atoms with Crippen molar-refractivity contribution in [2.24, 2.45) is 0 Å². The van der Waals surface area contributed by atoms with Crippen LogP contribution < -0.4 is 5.32 Å². The minimum Gasteiger partial charge on any atom is -0.480 e. The second kappa shape index (κ2) is 5.63. The van der Waals surface area contributed by atoms with E-state index in [2.05, 4.69) is 10.3 Å². The molecule has 5 nitrogen and oxygen atoms in total. The summed E-state index contributed by atoms with van der Waals surface area (Å²) < 4.78 is 13.0. The first-order chi connectivity index (χ1) is 9.11. The highest BCUT2D eigenvalue weighted by molar-refractivity contribution is 5.80. The number of carbonyl (C=O) groups is 1. The monoisotopic (exact) mass is 267 g/mol. The van der Waals surface area contributed by atoms with Crippen LogP contribution in [0.25, 0.3) is 0 Å². The van der Waals surface area contributed by atoms with Crippen molar-refractivity contribution in [1.82, 2.24) is 15.2 Å². The highest BCUT2D eigenvalue weighted by Crippen LogP contribution is 2.31. The van der Waals surface area contributed by atoms with Crippen LogP contribution in [0.3, 0.4) is 0 Å². The van der Waals surface area contributed by atoms with Gasteiger partial charge in [-0.25, -0.2) is 9.18 Å². The van der Waals surface area contributed by atoms with Crippen molar-refractivity contribution in [2.75, 3.05) is 26.2 Å². The molecule has 1 unspecified atom stereocenters. The number of nitrogens with one attached hydrogen (secondary N) is 1. The van der Waals surface area contributed by atoms with Gasteiger partial charge in [0.25, 0.3) is 0 Å². The molecule has 2 heterocycles. The van der Waals surface area contributed by atoms with E-state index < -0.39 is 17.3 Å².